The molecule has 1 aromatic rings. The molecule has 0 aromatic carbocycles. The second-order valence-corrected chi connectivity index (χ2v) is 7.56. The Balaban J connectivity index is 1.69. The van der Waals surface area contributed by atoms with Gasteiger partial charge in [-0.1, -0.05) is 6.07 Å². The summed E-state index contributed by atoms with van der Waals surface area (Å²) in [5.41, 5.74) is 0.884. The van der Waals surface area contributed by atoms with Crippen molar-refractivity contribution in [2.75, 3.05) is 31.5 Å². The van der Waals surface area contributed by atoms with Crippen molar-refractivity contribution in [1.29, 1.82) is 0 Å². The molecular formula is C18H30N4O. The molecule has 1 aliphatic rings. The molecule has 2 rings (SSSR count). The molecule has 0 bridgehead atoms. The number of amides is 1. The van der Waals surface area contributed by atoms with Gasteiger partial charge in [0.15, 0.2) is 0 Å². The summed E-state index contributed by atoms with van der Waals surface area (Å²) in [6.45, 7) is 11.5. The Bertz CT molecular complexity index is 516. The van der Waals surface area contributed by atoms with Gasteiger partial charge < -0.3 is 10.6 Å². The maximum absolute atomic E-state index is 12.0. The number of nitrogens with zero attached hydrogens (tertiary/aromatic N) is 2. The second kappa shape index (κ2) is 7.77. The van der Waals surface area contributed by atoms with Crippen LogP contribution in [0.15, 0.2) is 18.2 Å². The van der Waals surface area contributed by atoms with Crippen LogP contribution in [0, 0.1) is 12.8 Å². The van der Waals surface area contributed by atoms with E-state index in [2.05, 4.69) is 20.5 Å². The van der Waals surface area contributed by atoms with Crippen LogP contribution in [-0.2, 0) is 4.79 Å². The van der Waals surface area contributed by atoms with Crippen molar-refractivity contribution in [1.82, 2.24) is 15.2 Å². The van der Waals surface area contributed by atoms with Crippen LogP contribution in [0.3, 0.4) is 0 Å². The van der Waals surface area contributed by atoms with Gasteiger partial charge in [0.2, 0.25) is 5.91 Å². The van der Waals surface area contributed by atoms with Crippen molar-refractivity contribution < 1.29 is 4.79 Å². The predicted molar refractivity (Wildman–Crippen MR) is 94.5 cm³/mol. The Labute approximate surface area is 139 Å². The van der Waals surface area contributed by atoms with E-state index >= 15 is 0 Å². The summed E-state index contributed by atoms with van der Waals surface area (Å²) in [4.78, 5) is 18.7. The first-order valence-electron chi connectivity index (χ1n) is 8.53. The van der Waals surface area contributed by atoms with Crippen LogP contribution in [0.4, 0.5) is 5.82 Å². The summed E-state index contributed by atoms with van der Waals surface area (Å²) in [7, 11) is 0. The molecule has 0 unspecified atom stereocenters. The fourth-order valence-electron chi connectivity index (χ4n) is 2.90. The first-order valence-corrected chi connectivity index (χ1v) is 8.53. The number of hydrogen-bond acceptors (Lipinski definition) is 4. The minimum atomic E-state index is -0.153. The van der Waals surface area contributed by atoms with E-state index in [0.717, 1.165) is 44.0 Å². The van der Waals surface area contributed by atoms with Gasteiger partial charge in [0.1, 0.15) is 5.82 Å². The topological polar surface area (TPSA) is 57.3 Å². The van der Waals surface area contributed by atoms with Gasteiger partial charge >= 0.3 is 0 Å². The lowest BCUT2D eigenvalue weighted by molar-refractivity contribution is -0.124. The van der Waals surface area contributed by atoms with Gasteiger partial charge in [-0.05, 0) is 71.7 Å². The summed E-state index contributed by atoms with van der Waals surface area (Å²) in [5.74, 6) is 1.73. The van der Waals surface area contributed by atoms with Crippen LogP contribution < -0.4 is 10.6 Å². The number of carbonyl (C=O) groups excluding carboxylic acids is 1. The van der Waals surface area contributed by atoms with Crippen molar-refractivity contribution in [3.8, 4) is 0 Å². The Morgan fingerprint density at radius 2 is 2.00 bits per heavy atom. The highest BCUT2D eigenvalue weighted by atomic mass is 16.2. The highest BCUT2D eigenvalue weighted by Crippen LogP contribution is 2.18. The van der Waals surface area contributed by atoms with Crippen LogP contribution in [0.5, 0.6) is 0 Å². The molecular weight excluding hydrogens is 288 g/mol. The van der Waals surface area contributed by atoms with Crippen molar-refractivity contribution in [3.05, 3.63) is 23.9 Å². The lowest BCUT2D eigenvalue weighted by atomic mass is 9.96. The first kappa shape index (κ1) is 17.7. The van der Waals surface area contributed by atoms with E-state index in [1.807, 2.05) is 45.9 Å². The summed E-state index contributed by atoms with van der Waals surface area (Å²) in [6.07, 6.45) is 2.25. The van der Waals surface area contributed by atoms with Gasteiger partial charge in [0, 0.05) is 17.8 Å². The van der Waals surface area contributed by atoms with Crippen LogP contribution in [0.1, 0.15) is 39.3 Å². The molecule has 5 nitrogen and oxygen atoms in total. The Morgan fingerprint density at radius 1 is 1.30 bits per heavy atom. The Kier molecular flexibility index (Phi) is 5.99. The zero-order chi connectivity index (χ0) is 16.9. The average molecular weight is 318 g/mol. The molecule has 1 aliphatic heterocycles. The second-order valence-electron chi connectivity index (χ2n) is 7.56. The lowest BCUT2D eigenvalue weighted by Crippen LogP contribution is -2.47. The third-order valence-electron chi connectivity index (χ3n) is 4.05. The zero-order valence-corrected chi connectivity index (χ0v) is 14.9. The van der Waals surface area contributed by atoms with Gasteiger partial charge in [-0.15, -0.1) is 0 Å². The van der Waals surface area contributed by atoms with Gasteiger partial charge in [0.25, 0.3) is 0 Å². The molecule has 0 aliphatic carbocycles. The van der Waals surface area contributed by atoms with Crippen molar-refractivity contribution in [2.45, 2.75) is 46.1 Å². The average Bonchev–Trinajstić information content (AvgIpc) is 2.44. The van der Waals surface area contributed by atoms with Crippen molar-refractivity contribution in [3.63, 3.8) is 0 Å². The molecule has 1 fully saturated rings. The number of rotatable bonds is 5. The van der Waals surface area contributed by atoms with E-state index in [1.54, 1.807) is 0 Å². The van der Waals surface area contributed by atoms with Gasteiger partial charge in [-0.3, -0.25) is 9.69 Å². The number of pyridine rings is 1. The zero-order valence-electron chi connectivity index (χ0n) is 14.9. The van der Waals surface area contributed by atoms with E-state index < -0.39 is 0 Å². The number of piperidine rings is 1. The van der Waals surface area contributed by atoms with E-state index in [9.17, 15) is 4.79 Å². The molecule has 1 saturated heterocycles. The van der Waals surface area contributed by atoms with E-state index in [4.69, 9.17) is 0 Å². The van der Waals surface area contributed by atoms with Gasteiger partial charge in [-0.2, -0.15) is 0 Å². The summed E-state index contributed by atoms with van der Waals surface area (Å²) in [6, 6.07) is 6.05. The maximum atomic E-state index is 12.0. The van der Waals surface area contributed by atoms with Crippen LogP contribution in [-0.4, -0.2) is 47.5 Å². The smallest absolute Gasteiger partial charge is 0.234 e. The Hall–Kier alpha value is -1.62. The number of anilines is 1. The summed E-state index contributed by atoms with van der Waals surface area (Å²) in [5, 5.41) is 6.46. The molecule has 0 saturated carbocycles. The van der Waals surface area contributed by atoms with Gasteiger partial charge in [0.05, 0.1) is 6.54 Å². The van der Waals surface area contributed by atoms with E-state index in [1.165, 1.54) is 0 Å². The first-order chi connectivity index (χ1) is 10.8. The van der Waals surface area contributed by atoms with Crippen molar-refractivity contribution in [2.24, 2.45) is 5.92 Å². The highest BCUT2D eigenvalue weighted by Gasteiger charge is 2.22. The fourth-order valence-corrected chi connectivity index (χ4v) is 2.90. The molecule has 5 heteroatoms. The molecule has 2 N–H and O–H groups in total. The normalized spacial score (nSPS) is 17.0. The highest BCUT2D eigenvalue weighted by molar-refractivity contribution is 5.78. The molecule has 1 aromatic heterocycles. The van der Waals surface area contributed by atoms with Gasteiger partial charge in [-0.25, -0.2) is 4.98 Å². The fraction of sp³-hybridized carbons (Fsp3) is 0.667. The molecule has 0 radical (unpaired) electrons. The molecule has 0 atom stereocenters. The summed E-state index contributed by atoms with van der Waals surface area (Å²) < 4.78 is 0. The van der Waals surface area contributed by atoms with Crippen molar-refractivity contribution >= 4 is 11.7 Å². The van der Waals surface area contributed by atoms with Crippen LogP contribution >= 0.6 is 0 Å². The van der Waals surface area contributed by atoms with Crippen LogP contribution in [0.25, 0.3) is 0 Å². The third-order valence-corrected chi connectivity index (χ3v) is 4.05. The standard InChI is InChI=1S/C18H30N4O/c1-14-6-5-7-16(20-14)19-12-15-8-10-22(11-9-15)13-17(23)21-18(2,3)4/h5-7,15H,8-13H2,1-4H3,(H,19,20)(H,21,23). The van der Waals surface area contributed by atoms with E-state index in [0.29, 0.717) is 12.5 Å². The lowest BCUT2D eigenvalue weighted by Gasteiger charge is -2.32. The number of carbonyl (C=O) groups is 1. The third kappa shape index (κ3) is 6.57. The number of likely N-dealkylation sites (tertiary alicyclic amines) is 1. The van der Waals surface area contributed by atoms with Crippen LogP contribution in [0.2, 0.25) is 0 Å². The quantitative estimate of drug-likeness (QED) is 0.875. The molecule has 2 heterocycles. The number of hydrogen-bond donors (Lipinski definition) is 2. The summed E-state index contributed by atoms with van der Waals surface area (Å²) >= 11 is 0. The largest absolute Gasteiger partial charge is 0.370 e. The molecule has 23 heavy (non-hydrogen) atoms. The Morgan fingerprint density at radius 3 is 2.61 bits per heavy atom. The number of aryl methyl sites for hydroxylation is 1. The number of nitrogens with one attached hydrogen (secondary N) is 2. The SMILES string of the molecule is Cc1cccc(NCC2CCN(CC(=O)NC(C)(C)C)CC2)n1. The number of aromatic nitrogens is 1. The molecule has 128 valence electrons. The molecule has 0 spiro atoms. The monoisotopic (exact) mass is 318 g/mol. The predicted octanol–water partition coefficient (Wildman–Crippen LogP) is 2.43. The maximum Gasteiger partial charge on any atom is 0.234 e. The molecule has 1 amide bonds. The minimum absolute atomic E-state index is 0.123. The van der Waals surface area contributed by atoms with E-state index in [-0.39, 0.29) is 11.4 Å². The minimum Gasteiger partial charge on any atom is -0.370 e.